The molecule has 8 nitrogen and oxygen atoms in total. The number of amides is 1. The Balaban J connectivity index is 1.39. The van der Waals surface area contributed by atoms with E-state index in [4.69, 9.17) is 9.47 Å². The zero-order valence-electron chi connectivity index (χ0n) is 24.6. The minimum absolute atomic E-state index is 0.109. The van der Waals surface area contributed by atoms with Crippen LogP contribution in [-0.2, 0) is 19.6 Å². The summed E-state index contributed by atoms with van der Waals surface area (Å²) in [7, 11) is 3.47. The van der Waals surface area contributed by atoms with Gasteiger partial charge < -0.3 is 19.7 Å². The summed E-state index contributed by atoms with van der Waals surface area (Å²) >= 11 is 0. The molecule has 1 aliphatic rings. The summed E-state index contributed by atoms with van der Waals surface area (Å²) in [4.78, 5) is 14.8. The van der Waals surface area contributed by atoms with Gasteiger partial charge in [0.25, 0.3) is 0 Å². The van der Waals surface area contributed by atoms with Crippen LogP contribution in [0.1, 0.15) is 48.4 Å². The first-order valence-corrected chi connectivity index (χ1v) is 15.3. The molecule has 1 aliphatic carbocycles. The van der Waals surface area contributed by atoms with Gasteiger partial charge in [0.1, 0.15) is 18.2 Å². The molecule has 40 heavy (non-hydrogen) atoms. The van der Waals surface area contributed by atoms with E-state index in [0.717, 1.165) is 31.2 Å². The van der Waals surface area contributed by atoms with Crippen LogP contribution in [0.4, 0.5) is 4.39 Å². The van der Waals surface area contributed by atoms with Gasteiger partial charge in [0, 0.05) is 26.2 Å². The Kier molecular flexibility index (Phi) is 11.5. The van der Waals surface area contributed by atoms with Gasteiger partial charge in [-0.05, 0) is 106 Å². The fourth-order valence-electron chi connectivity index (χ4n) is 5.74. The lowest BCUT2D eigenvalue weighted by molar-refractivity contribution is -0.126. The molecule has 0 spiro atoms. The van der Waals surface area contributed by atoms with Gasteiger partial charge in [-0.1, -0.05) is 12.1 Å². The molecule has 1 fully saturated rings. The molecular formula is C30H44FN3O5S. The number of methoxy groups -OCH3 is 1. The van der Waals surface area contributed by atoms with Crippen molar-refractivity contribution in [3.63, 3.8) is 0 Å². The highest BCUT2D eigenvalue weighted by atomic mass is 32.2. The van der Waals surface area contributed by atoms with Gasteiger partial charge >= 0.3 is 0 Å². The third-order valence-electron chi connectivity index (χ3n) is 7.82. The van der Waals surface area contributed by atoms with Crippen LogP contribution in [0.15, 0.2) is 41.3 Å². The molecule has 0 radical (unpaired) electrons. The lowest BCUT2D eigenvalue weighted by Crippen LogP contribution is -2.36. The van der Waals surface area contributed by atoms with Crippen LogP contribution in [0.3, 0.4) is 0 Å². The molecule has 0 bridgehead atoms. The van der Waals surface area contributed by atoms with Crippen LogP contribution in [-0.4, -0.2) is 78.1 Å². The van der Waals surface area contributed by atoms with Crippen LogP contribution < -0.4 is 10.1 Å². The molecule has 3 rings (SSSR count). The molecule has 10 heteroatoms. The number of nitrogens with one attached hydrogen (secondary N) is 1. The predicted octanol–water partition coefficient (Wildman–Crippen LogP) is 4.31. The van der Waals surface area contributed by atoms with Crippen LogP contribution >= 0.6 is 0 Å². The third-order valence-corrected chi connectivity index (χ3v) is 9.98. The summed E-state index contributed by atoms with van der Waals surface area (Å²) in [6.45, 7) is 4.22. The standard InChI is InChI=1S/C30H44FN3O5S/c1-21-17-27(38-6)18-22(2)30(21)40(36,37)34(5)15-16-39-20-28(35)32-19-23-7-9-24(10-8-23)29(33(3)4)25-11-13-26(31)14-12-25/h11-14,17-18,23-24,29H,7-10,15-16,19-20H2,1-6H3,(H,32,35). The highest BCUT2D eigenvalue weighted by molar-refractivity contribution is 7.89. The molecule has 0 aliphatic heterocycles. The maximum atomic E-state index is 13.4. The van der Waals surface area contributed by atoms with E-state index in [1.165, 1.54) is 23.5 Å². The summed E-state index contributed by atoms with van der Waals surface area (Å²) < 4.78 is 51.6. The Morgan fingerprint density at radius 1 is 1.05 bits per heavy atom. The summed E-state index contributed by atoms with van der Waals surface area (Å²) in [5.41, 5.74) is 2.37. The maximum absolute atomic E-state index is 13.4. The van der Waals surface area contributed by atoms with Crippen molar-refractivity contribution in [2.75, 3.05) is 54.6 Å². The number of hydrogen-bond donors (Lipinski definition) is 1. The van der Waals surface area contributed by atoms with E-state index in [1.54, 1.807) is 33.1 Å². The van der Waals surface area contributed by atoms with E-state index in [-0.39, 0.29) is 42.4 Å². The third kappa shape index (κ3) is 8.25. The fraction of sp³-hybridized carbons (Fsp3) is 0.567. The van der Waals surface area contributed by atoms with E-state index >= 15 is 0 Å². The van der Waals surface area contributed by atoms with Crippen molar-refractivity contribution in [3.05, 3.63) is 58.9 Å². The Morgan fingerprint density at radius 3 is 2.20 bits per heavy atom. The fourth-order valence-corrected chi connectivity index (χ4v) is 7.30. The van der Waals surface area contributed by atoms with Crippen molar-refractivity contribution in [2.24, 2.45) is 11.8 Å². The molecule has 0 heterocycles. The van der Waals surface area contributed by atoms with E-state index < -0.39 is 10.0 Å². The number of nitrogens with zero attached hydrogens (tertiary/aromatic N) is 2. The Hall–Kier alpha value is -2.53. The van der Waals surface area contributed by atoms with Crippen LogP contribution in [0, 0.1) is 31.5 Å². The molecule has 222 valence electrons. The minimum atomic E-state index is -3.71. The first-order chi connectivity index (χ1) is 18.9. The van der Waals surface area contributed by atoms with Gasteiger partial charge in [-0.15, -0.1) is 0 Å². The van der Waals surface area contributed by atoms with Gasteiger partial charge in [-0.3, -0.25) is 4.79 Å². The number of ether oxygens (including phenoxy) is 2. The summed E-state index contributed by atoms with van der Waals surface area (Å²) in [5, 5.41) is 2.97. The second-order valence-corrected chi connectivity index (χ2v) is 13.0. The molecule has 1 saturated carbocycles. The number of sulfonamides is 1. The highest BCUT2D eigenvalue weighted by Gasteiger charge is 2.30. The number of carbonyl (C=O) groups is 1. The van der Waals surface area contributed by atoms with Crippen LogP contribution in [0.5, 0.6) is 5.75 Å². The van der Waals surface area contributed by atoms with Crippen molar-refractivity contribution >= 4 is 15.9 Å². The second-order valence-electron chi connectivity index (χ2n) is 11.0. The zero-order valence-corrected chi connectivity index (χ0v) is 25.4. The van der Waals surface area contributed by atoms with Gasteiger partial charge in [-0.2, -0.15) is 4.31 Å². The number of aryl methyl sites for hydroxylation is 2. The molecule has 1 amide bonds. The van der Waals surface area contributed by atoms with Crippen molar-refractivity contribution in [3.8, 4) is 5.75 Å². The second kappa shape index (κ2) is 14.4. The Bertz CT molecular complexity index is 1210. The number of likely N-dealkylation sites (N-methyl/N-ethyl adjacent to an activating group) is 1. The van der Waals surface area contributed by atoms with Gasteiger partial charge in [0.05, 0.1) is 18.6 Å². The number of rotatable bonds is 13. The molecular weight excluding hydrogens is 533 g/mol. The predicted molar refractivity (Wildman–Crippen MR) is 154 cm³/mol. The average Bonchev–Trinajstić information content (AvgIpc) is 2.90. The number of carbonyl (C=O) groups excluding carboxylic acids is 1. The Labute approximate surface area is 238 Å². The van der Waals surface area contributed by atoms with Crippen molar-refractivity contribution < 1.29 is 27.1 Å². The van der Waals surface area contributed by atoms with Gasteiger partial charge in [0.15, 0.2) is 0 Å². The summed E-state index contributed by atoms with van der Waals surface area (Å²) in [6.07, 6.45) is 4.13. The monoisotopic (exact) mass is 577 g/mol. The zero-order chi connectivity index (χ0) is 29.4. The maximum Gasteiger partial charge on any atom is 0.246 e. The van der Waals surface area contributed by atoms with Gasteiger partial charge in [0.2, 0.25) is 15.9 Å². The molecule has 1 atom stereocenters. The largest absolute Gasteiger partial charge is 0.497 e. The molecule has 1 unspecified atom stereocenters. The van der Waals surface area contributed by atoms with Crippen LogP contribution in [0.2, 0.25) is 0 Å². The average molecular weight is 578 g/mol. The summed E-state index contributed by atoms with van der Waals surface area (Å²) in [5.74, 6) is 1.08. The smallest absolute Gasteiger partial charge is 0.246 e. The quantitative estimate of drug-likeness (QED) is 0.357. The molecule has 2 aromatic carbocycles. The highest BCUT2D eigenvalue weighted by Crippen LogP contribution is 2.39. The Morgan fingerprint density at radius 2 is 1.65 bits per heavy atom. The minimum Gasteiger partial charge on any atom is -0.497 e. The van der Waals surface area contributed by atoms with Crippen molar-refractivity contribution in [1.29, 1.82) is 0 Å². The topological polar surface area (TPSA) is 88.2 Å². The molecule has 0 aromatic heterocycles. The normalized spacial score (nSPS) is 18.6. The molecule has 0 saturated heterocycles. The number of halogens is 1. The lowest BCUT2D eigenvalue weighted by Gasteiger charge is -2.37. The van der Waals surface area contributed by atoms with E-state index in [9.17, 15) is 17.6 Å². The molecule has 1 N–H and O–H groups in total. The van der Waals surface area contributed by atoms with E-state index in [0.29, 0.717) is 35.3 Å². The van der Waals surface area contributed by atoms with Crippen molar-refractivity contribution in [1.82, 2.24) is 14.5 Å². The lowest BCUT2D eigenvalue weighted by atomic mass is 9.76. The summed E-state index contributed by atoms with van der Waals surface area (Å²) in [6, 6.07) is 10.4. The van der Waals surface area contributed by atoms with Gasteiger partial charge in [-0.25, -0.2) is 12.8 Å². The first kappa shape index (κ1) is 32.0. The molecule has 2 aromatic rings. The number of benzene rings is 2. The van der Waals surface area contributed by atoms with E-state index in [2.05, 4.69) is 24.3 Å². The number of hydrogen-bond acceptors (Lipinski definition) is 6. The SMILES string of the molecule is COc1cc(C)c(S(=O)(=O)N(C)CCOCC(=O)NCC2CCC(C(c3ccc(F)cc3)N(C)C)CC2)c(C)c1. The van der Waals surface area contributed by atoms with Crippen LogP contribution in [0.25, 0.3) is 0 Å². The van der Waals surface area contributed by atoms with E-state index in [1.807, 2.05) is 12.1 Å². The van der Waals surface area contributed by atoms with Crippen molar-refractivity contribution in [2.45, 2.75) is 50.5 Å². The first-order valence-electron chi connectivity index (χ1n) is 13.8.